The summed E-state index contributed by atoms with van der Waals surface area (Å²) in [4.78, 5) is 12.1. The molecule has 19 heavy (non-hydrogen) atoms. The molecular formula is C14H14BrN3O. The predicted molar refractivity (Wildman–Crippen MR) is 78.6 cm³/mol. The van der Waals surface area contributed by atoms with Crippen molar-refractivity contribution in [2.75, 3.05) is 11.9 Å². The van der Waals surface area contributed by atoms with Crippen LogP contribution in [0.25, 0.3) is 0 Å². The summed E-state index contributed by atoms with van der Waals surface area (Å²) in [5.41, 5.74) is 2.86. The topological polar surface area (TPSA) is 46.9 Å². The smallest absolute Gasteiger partial charge is 0.269 e. The molecule has 4 nitrogen and oxygen atoms in total. The number of anilines is 1. The van der Waals surface area contributed by atoms with Crippen molar-refractivity contribution in [3.63, 3.8) is 0 Å². The molecule has 98 valence electrons. The molecule has 1 aliphatic rings. The predicted octanol–water partition coefficient (Wildman–Crippen LogP) is 2.41. The molecule has 0 radical (unpaired) electrons. The third kappa shape index (κ3) is 2.56. The van der Waals surface area contributed by atoms with Crippen molar-refractivity contribution in [1.82, 2.24) is 9.78 Å². The van der Waals surface area contributed by atoms with Gasteiger partial charge in [0.25, 0.3) is 5.56 Å². The van der Waals surface area contributed by atoms with Gasteiger partial charge in [-0.1, -0.05) is 34.1 Å². The number of nitrogens with zero attached hydrogens (tertiary/aromatic N) is 2. The molecule has 0 atom stereocenters. The first-order chi connectivity index (χ1) is 9.24. The van der Waals surface area contributed by atoms with E-state index in [0.717, 1.165) is 40.8 Å². The molecule has 1 aliphatic heterocycles. The van der Waals surface area contributed by atoms with Crippen LogP contribution in [-0.4, -0.2) is 16.3 Å². The Balaban J connectivity index is 1.97. The van der Waals surface area contributed by atoms with Crippen LogP contribution in [0.4, 0.5) is 5.69 Å². The Morgan fingerprint density at radius 2 is 2.21 bits per heavy atom. The highest BCUT2D eigenvalue weighted by Gasteiger charge is 2.13. The zero-order chi connectivity index (χ0) is 13.2. The summed E-state index contributed by atoms with van der Waals surface area (Å²) < 4.78 is 2.53. The van der Waals surface area contributed by atoms with Crippen molar-refractivity contribution in [3.8, 4) is 0 Å². The highest BCUT2D eigenvalue weighted by atomic mass is 79.9. The molecule has 3 rings (SSSR count). The van der Waals surface area contributed by atoms with Crippen molar-refractivity contribution in [3.05, 3.63) is 56.4 Å². The lowest BCUT2D eigenvalue weighted by Crippen LogP contribution is -2.27. The molecular weight excluding hydrogens is 306 g/mol. The van der Waals surface area contributed by atoms with E-state index < -0.39 is 0 Å². The first kappa shape index (κ1) is 12.4. The van der Waals surface area contributed by atoms with E-state index in [4.69, 9.17) is 0 Å². The highest BCUT2D eigenvalue weighted by Crippen LogP contribution is 2.19. The van der Waals surface area contributed by atoms with Gasteiger partial charge < -0.3 is 5.32 Å². The third-order valence-corrected chi connectivity index (χ3v) is 4.03. The van der Waals surface area contributed by atoms with E-state index in [0.29, 0.717) is 6.54 Å². The summed E-state index contributed by atoms with van der Waals surface area (Å²) in [6.07, 6.45) is 1.99. The molecule has 0 amide bonds. The van der Waals surface area contributed by atoms with E-state index in [1.165, 1.54) is 4.68 Å². The van der Waals surface area contributed by atoms with Gasteiger partial charge in [-0.2, -0.15) is 5.10 Å². The van der Waals surface area contributed by atoms with Crippen LogP contribution in [0.3, 0.4) is 0 Å². The summed E-state index contributed by atoms with van der Waals surface area (Å²) in [6, 6.07) is 9.54. The van der Waals surface area contributed by atoms with E-state index in [9.17, 15) is 4.79 Å². The van der Waals surface area contributed by atoms with Crippen LogP contribution in [0.15, 0.2) is 39.6 Å². The Morgan fingerprint density at radius 3 is 3.05 bits per heavy atom. The zero-order valence-corrected chi connectivity index (χ0v) is 12.0. The lowest BCUT2D eigenvalue weighted by molar-refractivity contribution is 0.607. The molecule has 0 fully saturated rings. The van der Waals surface area contributed by atoms with Crippen molar-refractivity contribution in [2.24, 2.45) is 0 Å². The fourth-order valence-electron chi connectivity index (χ4n) is 2.25. The van der Waals surface area contributed by atoms with E-state index >= 15 is 0 Å². The van der Waals surface area contributed by atoms with Gasteiger partial charge in [-0.25, -0.2) is 4.68 Å². The molecule has 2 heterocycles. The average molecular weight is 320 g/mol. The number of hydrogen-bond donors (Lipinski definition) is 1. The number of hydrogen-bond acceptors (Lipinski definition) is 3. The monoisotopic (exact) mass is 319 g/mol. The minimum Gasteiger partial charge on any atom is -0.383 e. The van der Waals surface area contributed by atoms with Gasteiger partial charge in [0.15, 0.2) is 0 Å². The summed E-state index contributed by atoms with van der Waals surface area (Å²) >= 11 is 3.50. The fraction of sp³-hybridized carbons (Fsp3) is 0.286. The minimum absolute atomic E-state index is 0.0658. The van der Waals surface area contributed by atoms with Crippen LogP contribution in [0, 0.1) is 0 Å². The van der Waals surface area contributed by atoms with Crippen LogP contribution < -0.4 is 10.9 Å². The largest absolute Gasteiger partial charge is 0.383 e. The lowest BCUT2D eigenvalue weighted by atomic mass is 10.1. The molecule has 5 heteroatoms. The number of fused-ring (bicyclic) bond motifs is 1. The molecule has 0 saturated heterocycles. The van der Waals surface area contributed by atoms with Gasteiger partial charge in [0, 0.05) is 17.1 Å². The van der Waals surface area contributed by atoms with Gasteiger partial charge in [0.1, 0.15) is 0 Å². The SMILES string of the molecule is O=c1cc2c(nn1Cc1ccccc1Br)CCCN2. The second-order valence-electron chi connectivity index (χ2n) is 4.62. The van der Waals surface area contributed by atoms with Gasteiger partial charge in [-0.05, 0) is 24.5 Å². The van der Waals surface area contributed by atoms with Crippen LogP contribution in [0.2, 0.25) is 0 Å². The summed E-state index contributed by atoms with van der Waals surface area (Å²) in [5, 5.41) is 7.69. The number of nitrogens with one attached hydrogen (secondary N) is 1. The number of rotatable bonds is 2. The zero-order valence-electron chi connectivity index (χ0n) is 10.4. The van der Waals surface area contributed by atoms with Crippen LogP contribution in [0.5, 0.6) is 0 Å². The highest BCUT2D eigenvalue weighted by molar-refractivity contribution is 9.10. The lowest BCUT2D eigenvalue weighted by Gasteiger charge is -2.18. The molecule has 1 aromatic carbocycles. The Bertz CT molecular complexity index is 666. The van der Waals surface area contributed by atoms with Crippen LogP contribution >= 0.6 is 15.9 Å². The molecule has 0 spiro atoms. The standard InChI is InChI=1S/C14H14BrN3O/c15-11-5-2-1-4-10(11)9-18-14(19)8-13-12(17-18)6-3-7-16-13/h1-2,4-5,8,16H,3,6-7,9H2. The molecule has 2 aromatic rings. The maximum atomic E-state index is 12.1. The van der Waals surface area contributed by atoms with Crippen molar-refractivity contribution >= 4 is 21.6 Å². The maximum Gasteiger partial charge on any atom is 0.269 e. The summed E-state index contributed by atoms with van der Waals surface area (Å²) in [5.74, 6) is 0. The van der Waals surface area contributed by atoms with E-state index in [1.807, 2.05) is 24.3 Å². The Morgan fingerprint density at radius 1 is 1.37 bits per heavy atom. The first-order valence-electron chi connectivity index (χ1n) is 6.32. The van der Waals surface area contributed by atoms with Crippen molar-refractivity contribution in [1.29, 1.82) is 0 Å². The molecule has 0 saturated carbocycles. The maximum absolute atomic E-state index is 12.1. The first-order valence-corrected chi connectivity index (χ1v) is 7.11. The Kier molecular flexibility index (Phi) is 3.38. The molecule has 0 unspecified atom stereocenters. The molecule has 1 N–H and O–H groups in total. The van der Waals surface area contributed by atoms with Crippen LogP contribution in [-0.2, 0) is 13.0 Å². The number of benzene rings is 1. The summed E-state index contributed by atoms with van der Waals surface area (Å²) in [7, 11) is 0. The van der Waals surface area contributed by atoms with Crippen molar-refractivity contribution < 1.29 is 0 Å². The van der Waals surface area contributed by atoms with Gasteiger partial charge in [-0.3, -0.25) is 4.79 Å². The van der Waals surface area contributed by atoms with E-state index in [2.05, 4.69) is 26.3 Å². The number of aromatic nitrogens is 2. The van der Waals surface area contributed by atoms with Gasteiger partial charge in [0.2, 0.25) is 0 Å². The number of aryl methyl sites for hydroxylation is 1. The van der Waals surface area contributed by atoms with Gasteiger partial charge in [-0.15, -0.1) is 0 Å². The Labute approximate surface area is 119 Å². The third-order valence-electron chi connectivity index (χ3n) is 3.26. The normalized spacial score (nSPS) is 13.7. The van der Waals surface area contributed by atoms with E-state index in [-0.39, 0.29) is 5.56 Å². The molecule has 1 aromatic heterocycles. The molecule has 0 aliphatic carbocycles. The van der Waals surface area contributed by atoms with E-state index in [1.54, 1.807) is 6.07 Å². The van der Waals surface area contributed by atoms with Crippen molar-refractivity contribution in [2.45, 2.75) is 19.4 Å². The molecule has 0 bridgehead atoms. The number of halogens is 1. The Hall–Kier alpha value is -1.62. The van der Waals surface area contributed by atoms with Crippen LogP contribution in [0.1, 0.15) is 17.7 Å². The van der Waals surface area contributed by atoms with Gasteiger partial charge >= 0.3 is 0 Å². The fourth-order valence-corrected chi connectivity index (χ4v) is 2.66. The average Bonchev–Trinajstić information content (AvgIpc) is 2.42. The second-order valence-corrected chi connectivity index (χ2v) is 5.48. The van der Waals surface area contributed by atoms with Gasteiger partial charge in [0.05, 0.1) is 17.9 Å². The second kappa shape index (κ2) is 5.17. The quantitative estimate of drug-likeness (QED) is 0.924. The summed E-state index contributed by atoms with van der Waals surface area (Å²) in [6.45, 7) is 1.41. The minimum atomic E-state index is -0.0658.